The Morgan fingerprint density at radius 1 is 1.37 bits per heavy atom. The first-order valence-electron chi connectivity index (χ1n) is 10.6. The number of amides is 1. The molecule has 2 aromatic rings. The topological polar surface area (TPSA) is 87.3 Å². The lowest BCUT2D eigenvalue weighted by Gasteiger charge is -2.29. The molecule has 0 aliphatic carbocycles. The number of carbonyl (C=O) groups excluding carboxylic acids is 1. The fourth-order valence-corrected chi connectivity index (χ4v) is 4.90. The Labute approximate surface area is 182 Å². The van der Waals surface area contributed by atoms with Crippen LogP contribution in [0.3, 0.4) is 0 Å². The van der Waals surface area contributed by atoms with Crippen LogP contribution in [-0.4, -0.2) is 34.8 Å². The van der Waals surface area contributed by atoms with Gasteiger partial charge in [0, 0.05) is 23.9 Å². The van der Waals surface area contributed by atoms with Gasteiger partial charge in [0.15, 0.2) is 0 Å². The third kappa shape index (κ3) is 5.22. The largest absolute Gasteiger partial charge is 0.444 e. The third-order valence-electron chi connectivity index (χ3n) is 4.84. The van der Waals surface area contributed by atoms with Gasteiger partial charge in [0.2, 0.25) is 0 Å². The molecule has 1 aliphatic rings. The summed E-state index contributed by atoms with van der Waals surface area (Å²) in [6.07, 6.45) is 1.94. The molecule has 166 valence electrons. The number of anilines is 1. The molecule has 0 fully saturated rings. The van der Waals surface area contributed by atoms with Crippen LogP contribution in [0.1, 0.15) is 76.6 Å². The maximum atomic E-state index is 12.6. The van der Waals surface area contributed by atoms with Gasteiger partial charge in [-0.3, -0.25) is 4.79 Å². The van der Waals surface area contributed by atoms with Crippen molar-refractivity contribution in [2.24, 2.45) is 0 Å². The number of nitrogens with one attached hydrogen (secondary N) is 2. The fourth-order valence-electron chi connectivity index (χ4n) is 3.69. The van der Waals surface area contributed by atoms with Crippen LogP contribution in [0.2, 0.25) is 0 Å². The summed E-state index contributed by atoms with van der Waals surface area (Å²) < 4.78 is 5.31. The highest BCUT2D eigenvalue weighted by Crippen LogP contribution is 2.48. The summed E-state index contributed by atoms with van der Waals surface area (Å²) in [7, 11) is 0. The normalized spacial score (nSPS) is 17.8. The first-order valence-corrected chi connectivity index (χ1v) is 11.5. The second-order valence-electron chi connectivity index (χ2n) is 7.98. The maximum Gasteiger partial charge on any atom is 0.407 e. The van der Waals surface area contributed by atoms with Crippen molar-refractivity contribution >= 4 is 23.1 Å². The molecule has 2 aromatic heterocycles. The number of thiophene rings is 1. The maximum absolute atomic E-state index is 12.6. The predicted octanol–water partition coefficient (Wildman–Crippen LogP) is 4.61. The monoisotopic (exact) mass is 434 g/mol. The molecule has 0 radical (unpaired) electrons. The van der Waals surface area contributed by atoms with Gasteiger partial charge in [0.05, 0.1) is 18.1 Å². The minimum Gasteiger partial charge on any atom is -0.444 e. The predicted molar refractivity (Wildman–Crippen MR) is 123 cm³/mol. The van der Waals surface area contributed by atoms with E-state index in [1.807, 2.05) is 34.6 Å². The molecule has 0 bridgehead atoms. The van der Waals surface area contributed by atoms with Crippen molar-refractivity contribution in [3.8, 4) is 0 Å². The van der Waals surface area contributed by atoms with Crippen molar-refractivity contribution in [3.05, 3.63) is 44.3 Å². The molecule has 30 heavy (non-hydrogen) atoms. The number of H-pyrrole nitrogens is 1. The Morgan fingerprint density at radius 3 is 2.70 bits per heavy atom. The lowest BCUT2D eigenvalue weighted by Crippen LogP contribution is -2.39. The van der Waals surface area contributed by atoms with E-state index in [1.165, 1.54) is 16.8 Å². The number of hydrogen-bond donors (Lipinski definition) is 2. The zero-order valence-corrected chi connectivity index (χ0v) is 19.9. The van der Waals surface area contributed by atoms with E-state index in [1.54, 1.807) is 11.3 Å². The van der Waals surface area contributed by atoms with Gasteiger partial charge < -0.3 is 19.9 Å². The van der Waals surface area contributed by atoms with Crippen molar-refractivity contribution in [3.63, 3.8) is 0 Å². The molecule has 7 nitrogen and oxygen atoms in total. The zero-order valence-electron chi connectivity index (χ0n) is 19.0. The molecule has 2 unspecified atom stereocenters. The lowest BCUT2D eigenvalue weighted by molar-refractivity contribution is 0.0529. The van der Waals surface area contributed by atoms with E-state index < -0.39 is 11.7 Å². The molecule has 2 N–H and O–H groups in total. The van der Waals surface area contributed by atoms with E-state index in [-0.39, 0.29) is 17.5 Å². The van der Waals surface area contributed by atoms with Gasteiger partial charge in [0.25, 0.3) is 5.56 Å². The van der Waals surface area contributed by atoms with Gasteiger partial charge >= 0.3 is 6.09 Å². The van der Waals surface area contributed by atoms with Crippen molar-refractivity contribution in [1.29, 1.82) is 0 Å². The molecular formula is C22H34N4O3S. The number of nitrogens with zero attached hydrogens (tertiary/aromatic N) is 2. The van der Waals surface area contributed by atoms with Gasteiger partial charge in [0.1, 0.15) is 11.3 Å². The van der Waals surface area contributed by atoms with Gasteiger partial charge in [-0.15, -0.1) is 11.3 Å². The first-order chi connectivity index (χ1) is 14.2. The summed E-state index contributed by atoms with van der Waals surface area (Å²) in [6, 6.07) is 2.17. The van der Waals surface area contributed by atoms with Crippen molar-refractivity contribution < 1.29 is 9.53 Å². The van der Waals surface area contributed by atoms with Crippen LogP contribution < -0.4 is 15.8 Å². The second-order valence-corrected chi connectivity index (χ2v) is 8.93. The average Bonchev–Trinajstić information content (AvgIpc) is 3.25. The minimum atomic E-state index is -0.546. The van der Waals surface area contributed by atoms with Crippen LogP contribution >= 0.6 is 11.3 Å². The van der Waals surface area contributed by atoms with Crippen LogP contribution in [0, 0.1) is 0 Å². The molecule has 0 aromatic carbocycles. The highest BCUT2D eigenvalue weighted by Gasteiger charge is 2.41. The van der Waals surface area contributed by atoms with Gasteiger partial charge in [-0.05, 0) is 44.2 Å². The molecule has 3 heterocycles. The second kappa shape index (κ2) is 10.1. The Morgan fingerprint density at radius 2 is 2.07 bits per heavy atom. The number of alkyl carbamates (subject to hydrolysis) is 1. The number of aromatic amines is 1. The van der Waals surface area contributed by atoms with Crippen molar-refractivity contribution in [2.75, 3.05) is 18.0 Å². The summed E-state index contributed by atoms with van der Waals surface area (Å²) in [6.45, 7) is 14.6. The quantitative estimate of drug-likeness (QED) is 0.718. The highest BCUT2D eigenvalue weighted by atomic mass is 32.1. The van der Waals surface area contributed by atoms with Crippen molar-refractivity contribution in [2.45, 2.75) is 72.4 Å². The summed E-state index contributed by atoms with van der Waals surface area (Å²) in [5, 5.41) is 4.89. The molecule has 0 saturated heterocycles. The molecule has 0 spiro atoms. The molecule has 2 atom stereocenters. The standard InChI is InChI=1S/C20H28N4O3S.C2H6/c1-6-13-7-10-28-17(13)15-12(2)14-16(18(25)23-11-22-14)24(15)9-8-21-19(26)27-20(3,4)5;1-2/h7,10-12,15H,6,8-9H2,1-5H3,(H,21,26)(H,22,23,25);1-2H3. The number of rotatable bonds is 5. The fraction of sp³-hybridized carbons (Fsp3) is 0.591. The Hall–Kier alpha value is -2.35. The molecule has 1 amide bonds. The zero-order chi connectivity index (χ0) is 22.5. The summed E-state index contributed by atoms with van der Waals surface area (Å²) in [4.78, 5) is 35.0. The lowest BCUT2D eigenvalue weighted by atomic mass is 9.97. The molecule has 8 heteroatoms. The highest BCUT2D eigenvalue weighted by molar-refractivity contribution is 7.10. The van der Waals surface area contributed by atoms with Crippen LogP contribution in [0.5, 0.6) is 0 Å². The smallest absolute Gasteiger partial charge is 0.407 e. The summed E-state index contributed by atoms with van der Waals surface area (Å²) in [5.41, 5.74) is 2.00. The Bertz CT molecular complexity index is 900. The molecule has 1 aliphatic heterocycles. The average molecular weight is 435 g/mol. The van der Waals surface area contributed by atoms with E-state index in [0.29, 0.717) is 18.8 Å². The number of ether oxygens (including phenoxy) is 1. The number of aromatic nitrogens is 2. The molecular weight excluding hydrogens is 400 g/mol. The van der Waals surface area contributed by atoms with Crippen LogP contribution in [-0.2, 0) is 11.2 Å². The number of carbonyl (C=O) groups is 1. The summed E-state index contributed by atoms with van der Waals surface area (Å²) in [5.74, 6) is 0.0859. The third-order valence-corrected chi connectivity index (χ3v) is 5.87. The van der Waals surface area contributed by atoms with E-state index in [9.17, 15) is 9.59 Å². The number of aryl methyl sites for hydroxylation is 1. The Balaban J connectivity index is 0.00000155. The van der Waals surface area contributed by atoms with Gasteiger partial charge in [-0.2, -0.15) is 0 Å². The first kappa shape index (κ1) is 23.9. The van der Waals surface area contributed by atoms with E-state index in [2.05, 4.69) is 45.5 Å². The van der Waals surface area contributed by atoms with Gasteiger partial charge in [-0.1, -0.05) is 27.7 Å². The van der Waals surface area contributed by atoms with Crippen LogP contribution in [0.4, 0.5) is 10.5 Å². The summed E-state index contributed by atoms with van der Waals surface area (Å²) >= 11 is 1.71. The molecule has 0 saturated carbocycles. The Kier molecular flexibility index (Phi) is 8.06. The van der Waals surface area contributed by atoms with E-state index in [0.717, 1.165) is 12.1 Å². The van der Waals surface area contributed by atoms with E-state index >= 15 is 0 Å². The van der Waals surface area contributed by atoms with Crippen LogP contribution in [0.15, 0.2) is 22.6 Å². The van der Waals surface area contributed by atoms with Gasteiger partial charge in [-0.25, -0.2) is 9.78 Å². The number of hydrogen-bond acceptors (Lipinski definition) is 6. The van der Waals surface area contributed by atoms with Crippen molar-refractivity contribution in [1.82, 2.24) is 15.3 Å². The minimum absolute atomic E-state index is 0.0291. The van der Waals surface area contributed by atoms with E-state index in [4.69, 9.17) is 4.74 Å². The van der Waals surface area contributed by atoms with Crippen LogP contribution in [0.25, 0.3) is 0 Å². The molecule has 3 rings (SSSR count). The SMILES string of the molecule is CC.CCc1ccsc1C1C(C)c2nc[nH]c(=O)c2N1CCNC(=O)OC(C)(C)C. The number of fused-ring (bicyclic) bond motifs is 1.